The van der Waals surface area contributed by atoms with Crippen LogP contribution in [0.5, 0.6) is 0 Å². The van der Waals surface area contributed by atoms with Crippen molar-refractivity contribution in [2.75, 3.05) is 97.6 Å². The summed E-state index contributed by atoms with van der Waals surface area (Å²) in [6, 6.07) is 0.672. The summed E-state index contributed by atoms with van der Waals surface area (Å²) < 4.78 is 27.0. The molecule has 0 fully saturated rings. The topological polar surface area (TPSA) is 203 Å². The maximum Gasteiger partial charge on any atom is 0.321 e. The molecule has 0 aliphatic heterocycles. The highest BCUT2D eigenvalue weighted by atomic mass is 16.6. The van der Waals surface area contributed by atoms with Crippen molar-refractivity contribution in [1.29, 1.82) is 0 Å². The van der Waals surface area contributed by atoms with Gasteiger partial charge in [-0.25, -0.2) is 14.6 Å². The van der Waals surface area contributed by atoms with Gasteiger partial charge in [-0.3, -0.25) is 19.9 Å². The Labute approximate surface area is 258 Å². The van der Waals surface area contributed by atoms with E-state index in [4.69, 9.17) is 23.7 Å². The second kappa shape index (κ2) is 27.0. The molecule has 16 nitrogen and oxygen atoms in total. The van der Waals surface area contributed by atoms with Gasteiger partial charge in [0.2, 0.25) is 11.9 Å². The molecule has 0 spiro atoms. The van der Waals surface area contributed by atoms with Gasteiger partial charge < -0.3 is 45.0 Å². The molecule has 44 heavy (non-hydrogen) atoms. The fourth-order valence-corrected chi connectivity index (χ4v) is 3.40. The van der Waals surface area contributed by atoms with Crippen LogP contribution in [0.25, 0.3) is 0 Å². The second-order valence-corrected chi connectivity index (χ2v) is 9.27. The molecule has 16 heteroatoms. The van der Waals surface area contributed by atoms with Gasteiger partial charge in [-0.2, -0.15) is 0 Å². The van der Waals surface area contributed by atoms with E-state index < -0.39 is 6.03 Å². The Hall–Kier alpha value is -3.57. The fourth-order valence-electron chi connectivity index (χ4n) is 3.40. The van der Waals surface area contributed by atoms with Crippen LogP contribution in [0.1, 0.15) is 31.4 Å². The standard InChI is InChI=1S/C28H49N7O9/c1-3-24(36)29-10-12-40-14-16-42-18-20-44-21-19-43-17-15-41-13-11-32-27(38)30-8-6-4-5-7-9-31-28(39)35-26-33-23(2)22-25(37)34-26/h3,22H,1,4-21H2,2H3,(H,29,36)(H2,30,32,38)(H3,31,33,34,35,37,39). The van der Waals surface area contributed by atoms with Gasteiger partial charge in [-0.05, 0) is 25.8 Å². The van der Waals surface area contributed by atoms with Crippen LogP contribution in [0.15, 0.2) is 23.5 Å². The van der Waals surface area contributed by atoms with Crippen LogP contribution in [0.3, 0.4) is 0 Å². The molecule has 0 unspecified atom stereocenters. The number of carbonyl (C=O) groups is 3. The number of hydrogen-bond acceptors (Lipinski definition) is 10. The summed E-state index contributed by atoms with van der Waals surface area (Å²) in [5.41, 5.74) is 0.192. The van der Waals surface area contributed by atoms with Gasteiger partial charge in [0.15, 0.2) is 0 Å². The number of anilines is 1. The largest absolute Gasteiger partial charge is 0.377 e. The minimum atomic E-state index is -0.429. The summed E-state index contributed by atoms with van der Waals surface area (Å²) in [5.74, 6) is -0.111. The highest BCUT2D eigenvalue weighted by Crippen LogP contribution is 1.99. The van der Waals surface area contributed by atoms with Gasteiger partial charge in [-0.15, -0.1) is 0 Å². The Morgan fingerprint density at radius 2 is 1.16 bits per heavy atom. The maximum absolute atomic E-state index is 11.9. The van der Waals surface area contributed by atoms with Crippen molar-refractivity contribution in [3.63, 3.8) is 0 Å². The van der Waals surface area contributed by atoms with Gasteiger partial charge in [0.05, 0.1) is 66.1 Å². The molecule has 5 amide bonds. The van der Waals surface area contributed by atoms with Crippen LogP contribution < -0.4 is 32.1 Å². The van der Waals surface area contributed by atoms with E-state index in [1.54, 1.807) is 6.92 Å². The number of urea groups is 2. The van der Waals surface area contributed by atoms with Crippen LogP contribution in [-0.2, 0) is 28.5 Å². The first-order chi connectivity index (χ1) is 21.4. The summed E-state index contributed by atoms with van der Waals surface area (Å²) in [7, 11) is 0. The molecule has 0 aliphatic rings. The maximum atomic E-state index is 11.9. The molecular weight excluding hydrogens is 578 g/mol. The van der Waals surface area contributed by atoms with E-state index in [0.29, 0.717) is 97.9 Å². The molecule has 250 valence electrons. The van der Waals surface area contributed by atoms with Gasteiger partial charge >= 0.3 is 12.1 Å². The van der Waals surface area contributed by atoms with E-state index in [1.807, 2.05) is 0 Å². The van der Waals surface area contributed by atoms with Crippen molar-refractivity contribution >= 4 is 23.9 Å². The normalized spacial score (nSPS) is 10.7. The first kappa shape index (κ1) is 38.5. The number of aryl methyl sites for hydroxylation is 1. The van der Waals surface area contributed by atoms with E-state index in [0.717, 1.165) is 25.7 Å². The zero-order chi connectivity index (χ0) is 32.1. The molecule has 1 rings (SSSR count). The lowest BCUT2D eigenvalue weighted by Crippen LogP contribution is -2.37. The molecular formula is C28H49N7O9. The van der Waals surface area contributed by atoms with Crippen molar-refractivity contribution in [3.8, 4) is 0 Å². The Bertz CT molecular complexity index is 994. The Morgan fingerprint density at radius 3 is 1.66 bits per heavy atom. The number of ether oxygens (including phenoxy) is 5. The van der Waals surface area contributed by atoms with E-state index in [2.05, 4.69) is 43.1 Å². The number of aromatic amines is 1. The fraction of sp³-hybridized carbons (Fsp3) is 0.679. The van der Waals surface area contributed by atoms with Crippen LogP contribution in [-0.4, -0.2) is 120 Å². The number of nitrogens with one attached hydrogen (secondary N) is 6. The van der Waals surface area contributed by atoms with Crippen molar-refractivity contribution in [1.82, 2.24) is 31.2 Å². The van der Waals surface area contributed by atoms with Crippen LogP contribution in [0, 0.1) is 6.92 Å². The molecule has 1 aromatic rings. The van der Waals surface area contributed by atoms with Crippen LogP contribution >= 0.6 is 0 Å². The van der Waals surface area contributed by atoms with E-state index in [-0.39, 0.29) is 23.4 Å². The van der Waals surface area contributed by atoms with E-state index >= 15 is 0 Å². The van der Waals surface area contributed by atoms with Gasteiger partial charge in [0, 0.05) is 37.9 Å². The lowest BCUT2D eigenvalue weighted by Gasteiger charge is -2.09. The van der Waals surface area contributed by atoms with Crippen LogP contribution in [0.2, 0.25) is 0 Å². The van der Waals surface area contributed by atoms with E-state index in [9.17, 15) is 19.2 Å². The number of rotatable bonds is 27. The first-order valence-corrected chi connectivity index (χ1v) is 14.8. The van der Waals surface area contributed by atoms with Crippen molar-refractivity contribution in [2.45, 2.75) is 32.6 Å². The summed E-state index contributed by atoms with van der Waals surface area (Å²) in [6.45, 7) is 11.3. The zero-order valence-corrected chi connectivity index (χ0v) is 25.7. The Balaban J connectivity index is 1.76. The third-order valence-electron chi connectivity index (χ3n) is 5.53. The third-order valence-corrected chi connectivity index (χ3v) is 5.53. The number of hydrogen-bond donors (Lipinski definition) is 6. The summed E-state index contributed by atoms with van der Waals surface area (Å²) in [4.78, 5) is 52.5. The smallest absolute Gasteiger partial charge is 0.321 e. The minimum absolute atomic E-state index is 0.110. The molecule has 0 aromatic carbocycles. The number of H-pyrrole nitrogens is 1. The molecule has 6 N–H and O–H groups in total. The van der Waals surface area contributed by atoms with Crippen molar-refractivity contribution in [2.24, 2.45) is 0 Å². The molecule has 0 bridgehead atoms. The summed E-state index contributed by atoms with van der Waals surface area (Å²) in [5, 5.41) is 13.4. The summed E-state index contributed by atoms with van der Waals surface area (Å²) >= 11 is 0. The lowest BCUT2D eigenvalue weighted by atomic mass is 10.2. The first-order valence-electron chi connectivity index (χ1n) is 14.8. The van der Waals surface area contributed by atoms with Gasteiger partial charge in [0.25, 0.3) is 5.56 Å². The molecule has 0 saturated heterocycles. The third kappa shape index (κ3) is 23.9. The minimum Gasteiger partial charge on any atom is -0.377 e. The monoisotopic (exact) mass is 627 g/mol. The molecule has 0 atom stereocenters. The number of aromatic nitrogens is 2. The van der Waals surface area contributed by atoms with Gasteiger partial charge in [0.1, 0.15) is 0 Å². The lowest BCUT2D eigenvalue weighted by molar-refractivity contribution is -0.116. The predicted octanol–water partition coefficient (Wildman–Crippen LogP) is 0.445. The average molecular weight is 628 g/mol. The molecule has 0 radical (unpaired) electrons. The van der Waals surface area contributed by atoms with Crippen molar-refractivity contribution in [3.05, 3.63) is 34.8 Å². The molecule has 0 aliphatic carbocycles. The predicted molar refractivity (Wildman–Crippen MR) is 164 cm³/mol. The van der Waals surface area contributed by atoms with E-state index in [1.165, 1.54) is 12.1 Å². The van der Waals surface area contributed by atoms with Crippen LogP contribution in [0.4, 0.5) is 15.5 Å². The quantitative estimate of drug-likeness (QED) is 0.0587. The number of nitrogens with zero attached hydrogens (tertiary/aromatic N) is 1. The Morgan fingerprint density at radius 1 is 0.705 bits per heavy atom. The molecule has 0 saturated carbocycles. The summed E-state index contributed by atoms with van der Waals surface area (Å²) in [6.07, 6.45) is 4.64. The SMILES string of the molecule is C=CC(=O)NCCOCCOCCOCCOCCOCCNC(=O)NCCCCCCNC(=O)Nc1nc(C)cc(=O)[nH]1. The molecule has 1 aromatic heterocycles. The molecule has 1 heterocycles. The number of carbonyl (C=O) groups excluding carboxylic acids is 3. The van der Waals surface area contributed by atoms with Gasteiger partial charge in [-0.1, -0.05) is 19.4 Å². The zero-order valence-electron chi connectivity index (χ0n) is 25.7. The highest BCUT2D eigenvalue weighted by molar-refractivity contribution is 5.87. The average Bonchev–Trinajstić information content (AvgIpc) is 2.98. The number of unbranched alkanes of at least 4 members (excludes halogenated alkanes) is 3. The Kier molecular flexibility index (Phi) is 23.6. The van der Waals surface area contributed by atoms with Crippen molar-refractivity contribution < 1.29 is 38.1 Å². The highest BCUT2D eigenvalue weighted by Gasteiger charge is 2.04. The number of amides is 5. The second-order valence-electron chi connectivity index (χ2n) is 9.27.